The van der Waals surface area contributed by atoms with Crippen LogP contribution in [0.15, 0.2) is 12.7 Å². The number of rotatable bonds is 4. The predicted molar refractivity (Wildman–Crippen MR) is 44.7 cm³/mol. The first kappa shape index (κ1) is 10.6. The van der Waals surface area contributed by atoms with Crippen molar-refractivity contribution in [3.8, 4) is 0 Å². The molecule has 0 N–H and O–H groups in total. The van der Waals surface area contributed by atoms with Crippen LogP contribution in [0.3, 0.4) is 0 Å². The fourth-order valence-electron chi connectivity index (χ4n) is 0.561. The molecule has 4 heteroatoms. The van der Waals surface area contributed by atoms with E-state index in [0.29, 0.717) is 12.6 Å². The molecule has 0 saturated heterocycles. The van der Waals surface area contributed by atoms with E-state index in [1.54, 1.807) is 6.92 Å². The fourth-order valence-corrected chi connectivity index (χ4v) is 0.561. The van der Waals surface area contributed by atoms with Gasteiger partial charge in [-0.25, -0.2) is 4.79 Å². The van der Waals surface area contributed by atoms with Gasteiger partial charge < -0.3 is 10.3 Å². The molecule has 0 aromatic carbocycles. The van der Waals surface area contributed by atoms with Gasteiger partial charge in [-0.05, 0) is 19.4 Å². The standard InChI is InChI=1S/C8H12N2O2/c1-4-8(3,5-2)12-7(11)6-10-9/h4,6H,1,5H2,2-3H3. The average molecular weight is 168 g/mol. The number of carbonyl (C=O) groups is 1. The second-order valence-corrected chi connectivity index (χ2v) is 2.54. The van der Waals surface area contributed by atoms with E-state index in [4.69, 9.17) is 10.3 Å². The second-order valence-electron chi connectivity index (χ2n) is 2.54. The largest absolute Gasteiger partial charge is 0.447 e. The summed E-state index contributed by atoms with van der Waals surface area (Å²) in [6.45, 7) is 7.12. The molecule has 0 radical (unpaired) electrons. The minimum Gasteiger partial charge on any atom is -0.447 e. The smallest absolute Gasteiger partial charge is 0.414 e. The van der Waals surface area contributed by atoms with Crippen molar-refractivity contribution in [3.63, 3.8) is 0 Å². The Morgan fingerprint density at radius 1 is 1.83 bits per heavy atom. The first-order valence-electron chi connectivity index (χ1n) is 3.62. The number of nitrogens with zero attached hydrogens (tertiary/aromatic N) is 2. The molecule has 12 heavy (non-hydrogen) atoms. The monoisotopic (exact) mass is 168 g/mol. The van der Waals surface area contributed by atoms with Crippen LogP contribution in [-0.2, 0) is 9.53 Å². The Hall–Kier alpha value is -1.41. The van der Waals surface area contributed by atoms with Gasteiger partial charge >= 0.3 is 12.2 Å². The maximum Gasteiger partial charge on any atom is 0.414 e. The van der Waals surface area contributed by atoms with E-state index in [1.807, 2.05) is 6.92 Å². The predicted octanol–water partition coefficient (Wildman–Crippen LogP) is 1.18. The summed E-state index contributed by atoms with van der Waals surface area (Å²) in [6, 6.07) is 0. The van der Waals surface area contributed by atoms with E-state index in [9.17, 15) is 4.79 Å². The Morgan fingerprint density at radius 3 is 2.75 bits per heavy atom. The van der Waals surface area contributed by atoms with Crippen LogP contribution >= 0.6 is 0 Å². The van der Waals surface area contributed by atoms with E-state index < -0.39 is 11.6 Å². The van der Waals surface area contributed by atoms with Gasteiger partial charge in [0.05, 0.1) is 0 Å². The Labute approximate surface area is 71.5 Å². The summed E-state index contributed by atoms with van der Waals surface area (Å²) in [5.74, 6) is -0.679. The first-order valence-corrected chi connectivity index (χ1v) is 3.62. The van der Waals surface area contributed by atoms with E-state index in [-0.39, 0.29) is 0 Å². The van der Waals surface area contributed by atoms with E-state index in [2.05, 4.69) is 11.4 Å². The van der Waals surface area contributed by atoms with Crippen molar-refractivity contribution in [2.75, 3.05) is 0 Å². The van der Waals surface area contributed by atoms with E-state index >= 15 is 0 Å². The van der Waals surface area contributed by atoms with E-state index in [0.717, 1.165) is 0 Å². The van der Waals surface area contributed by atoms with Crippen molar-refractivity contribution >= 4 is 12.2 Å². The van der Waals surface area contributed by atoms with Gasteiger partial charge in [-0.2, -0.15) is 4.79 Å². The van der Waals surface area contributed by atoms with Crippen molar-refractivity contribution < 1.29 is 14.3 Å². The van der Waals surface area contributed by atoms with Gasteiger partial charge in [0.15, 0.2) is 0 Å². The summed E-state index contributed by atoms with van der Waals surface area (Å²) in [5.41, 5.74) is 7.34. The quantitative estimate of drug-likeness (QED) is 0.208. The number of carbonyl (C=O) groups excluding carboxylic acids is 1. The van der Waals surface area contributed by atoms with Crippen molar-refractivity contribution in [2.24, 2.45) is 0 Å². The Balaban J connectivity index is 4.30. The van der Waals surface area contributed by atoms with Crippen molar-refractivity contribution in [3.05, 3.63) is 18.2 Å². The summed E-state index contributed by atoms with van der Waals surface area (Å²) >= 11 is 0. The molecule has 0 fully saturated rings. The zero-order chi connectivity index (χ0) is 9.61. The molecule has 4 nitrogen and oxygen atoms in total. The SMILES string of the molecule is C=CC(C)(CC)OC(=O)C=[N+]=[N-]. The zero-order valence-corrected chi connectivity index (χ0v) is 7.28. The van der Waals surface area contributed by atoms with Gasteiger partial charge in [0.2, 0.25) is 0 Å². The molecular formula is C8H12N2O2. The number of hydrogen-bond acceptors (Lipinski definition) is 2. The molecule has 0 rings (SSSR count). The lowest BCUT2D eigenvalue weighted by Gasteiger charge is -2.22. The van der Waals surface area contributed by atoms with Crippen LogP contribution in [0.25, 0.3) is 5.53 Å². The molecular weight excluding hydrogens is 156 g/mol. The molecule has 0 heterocycles. The maximum absolute atomic E-state index is 10.8. The molecule has 0 spiro atoms. The summed E-state index contributed by atoms with van der Waals surface area (Å²) in [7, 11) is 0. The van der Waals surface area contributed by atoms with Crippen molar-refractivity contribution in [2.45, 2.75) is 25.9 Å². The highest BCUT2D eigenvalue weighted by molar-refractivity contribution is 6.20. The molecule has 0 amide bonds. The number of hydrogen-bond donors (Lipinski definition) is 0. The van der Waals surface area contributed by atoms with Crippen LogP contribution in [0, 0.1) is 0 Å². The maximum atomic E-state index is 10.8. The third-order valence-corrected chi connectivity index (χ3v) is 1.63. The molecule has 1 unspecified atom stereocenters. The molecule has 0 aliphatic heterocycles. The van der Waals surface area contributed by atoms with Crippen LogP contribution in [0.1, 0.15) is 20.3 Å². The van der Waals surface area contributed by atoms with Gasteiger partial charge in [-0.3, -0.25) is 0 Å². The van der Waals surface area contributed by atoms with E-state index in [1.165, 1.54) is 6.08 Å². The molecule has 0 aliphatic carbocycles. The van der Waals surface area contributed by atoms with Gasteiger partial charge in [0.25, 0.3) is 0 Å². The third-order valence-electron chi connectivity index (χ3n) is 1.63. The molecule has 0 saturated carbocycles. The summed E-state index contributed by atoms with van der Waals surface area (Å²) in [4.78, 5) is 13.4. The highest BCUT2D eigenvalue weighted by Crippen LogP contribution is 2.15. The number of ether oxygens (including phenoxy) is 1. The Bertz CT molecular complexity index is 231. The van der Waals surface area contributed by atoms with Crippen LogP contribution in [0.5, 0.6) is 0 Å². The fraction of sp³-hybridized carbons (Fsp3) is 0.500. The van der Waals surface area contributed by atoms with Crippen molar-refractivity contribution in [1.82, 2.24) is 0 Å². The van der Waals surface area contributed by atoms with Crippen LogP contribution in [0.4, 0.5) is 0 Å². The molecule has 1 atom stereocenters. The molecule has 0 bridgehead atoms. The summed E-state index contributed by atoms with van der Waals surface area (Å²) in [5, 5.41) is 0. The third kappa shape index (κ3) is 3.12. The first-order chi connectivity index (χ1) is 5.58. The summed E-state index contributed by atoms with van der Waals surface area (Å²) < 4.78 is 4.91. The van der Waals surface area contributed by atoms with Gasteiger partial charge in [0.1, 0.15) is 5.60 Å². The van der Waals surface area contributed by atoms with Crippen molar-refractivity contribution in [1.29, 1.82) is 0 Å². The normalized spacial score (nSPS) is 13.8. The van der Waals surface area contributed by atoms with Gasteiger partial charge in [0, 0.05) is 0 Å². The minimum absolute atomic E-state index is 0.626. The molecule has 0 aromatic heterocycles. The number of esters is 1. The summed E-state index contributed by atoms with van der Waals surface area (Å²) in [6.07, 6.45) is 2.87. The Morgan fingerprint density at radius 2 is 2.42 bits per heavy atom. The average Bonchev–Trinajstić information content (AvgIpc) is 2.05. The zero-order valence-electron chi connectivity index (χ0n) is 7.28. The Kier molecular flexibility index (Phi) is 3.94. The lowest BCUT2D eigenvalue weighted by Crippen LogP contribution is -2.28. The second kappa shape index (κ2) is 4.46. The van der Waals surface area contributed by atoms with Crippen LogP contribution in [-0.4, -0.2) is 22.6 Å². The highest BCUT2D eigenvalue weighted by atomic mass is 16.6. The lowest BCUT2D eigenvalue weighted by atomic mass is 10.0. The van der Waals surface area contributed by atoms with Gasteiger partial charge in [-0.1, -0.05) is 13.5 Å². The molecule has 0 aliphatic rings. The van der Waals surface area contributed by atoms with Crippen LogP contribution < -0.4 is 0 Å². The minimum atomic E-state index is -0.682. The highest BCUT2D eigenvalue weighted by Gasteiger charge is 2.23. The molecule has 66 valence electrons. The topological polar surface area (TPSA) is 62.7 Å². The molecule has 0 aromatic rings. The van der Waals surface area contributed by atoms with Crippen LogP contribution in [0.2, 0.25) is 0 Å². The lowest BCUT2D eigenvalue weighted by molar-refractivity contribution is -0.148. The van der Waals surface area contributed by atoms with Gasteiger partial charge in [-0.15, -0.1) is 0 Å².